The number of hydrogen-bond acceptors (Lipinski definition) is 20. The van der Waals surface area contributed by atoms with E-state index in [1.807, 2.05) is 131 Å². The number of carbonyl (C=O) groups is 3. The van der Waals surface area contributed by atoms with Gasteiger partial charge in [0.05, 0.1) is 110 Å². The van der Waals surface area contributed by atoms with Crippen molar-refractivity contribution in [3.05, 3.63) is 199 Å². The van der Waals surface area contributed by atoms with Gasteiger partial charge in [0, 0.05) is 152 Å². The number of carbonyl (C=O) groups excluding carboxylic acids is 3. The van der Waals surface area contributed by atoms with Crippen molar-refractivity contribution in [1.82, 2.24) is 74.6 Å². The van der Waals surface area contributed by atoms with Crippen LogP contribution >= 0.6 is 11.3 Å². The molecule has 0 radical (unpaired) electrons. The lowest BCUT2D eigenvalue weighted by Crippen LogP contribution is -2.48. The number of aryl methyl sites for hydroxylation is 6. The molecule has 3 N–H and O–H groups in total. The van der Waals surface area contributed by atoms with E-state index in [0.717, 1.165) is 164 Å². The molecule has 6 bridgehead atoms. The molecule has 18 rings (SSSR count). The van der Waals surface area contributed by atoms with Crippen LogP contribution in [0, 0.1) is 34.6 Å². The Morgan fingerprint density at radius 3 is 1.39 bits per heavy atom. The largest absolute Gasteiger partial charge is 0.366 e. The van der Waals surface area contributed by atoms with Gasteiger partial charge >= 0.3 is 18.1 Å². The summed E-state index contributed by atoms with van der Waals surface area (Å²) in [5.74, 6) is 2.49. The first-order chi connectivity index (χ1) is 49.7. The molecule has 0 saturated carbocycles. The zero-order chi connectivity index (χ0) is 69.7. The topological polar surface area (TPSA) is 284 Å². The molecular formula is C74H70N24O3S. The first-order valence-corrected chi connectivity index (χ1v) is 34.5. The summed E-state index contributed by atoms with van der Waals surface area (Å²) < 4.78 is 3.40. The highest BCUT2D eigenvalue weighted by Crippen LogP contribution is 2.44. The van der Waals surface area contributed by atoms with E-state index >= 15 is 0 Å². The number of anilines is 9. The van der Waals surface area contributed by atoms with E-state index in [9.17, 15) is 14.4 Å². The molecule has 6 amide bonds. The second-order valence-corrected chi connectivity index (χ2v) is 27.2. The number of rotatable bonds is 9. The van der Waals surface area contributed by atoms with Crippen molar-refractivity contribution < 1.29 is 14.4 Å². The summed E-state index contributed by atoms with van der Waals surface area (Å²) in [6, 6.07) is 31.1. The SMILES string of the molecule is Cc1cc(-c2ccc3c(n2)N(C(=O)Nc2cc(-n4ccnn4)ccn2)[C@H]2CCN3C2)ccn1.Cc1cc(-c2ccc3c(n2)N(C(=O)Nc2cncc(-c4cn(C)nc4C)c2)[C@H]2CCN3C2)ccn1.Cc1cc(-c2ccc3c(n2)N(C(=O)Nc2cncc(-c4cnc(C)s4)c2)[C@H]2CCN3C2)ccn1. The first kappa shape index (κ1) is 64.2. The minimum absolute atomic E-state index is 0.0536. The fourth-order valence-corrected chi connectivity index (χ4v) is 15.0. The molecule has 0 aliphatic carbocycles. The van der Waals surface area contributed by atoms with Crippen molar-refractivity contribution in [2.75, 3.05) is 84.6 Å². The molecule has 0 aromatic carbocycles. The number of hydrogen-bond donors (Lipinski definition) is 3. The highest BCUT2D eigenvalue weighted by Gasteiger charge is 2.43. The van der Waals surface area contributed by atoms with Gasteiger partial charge in [-0.2, -0.15) is 5.10 Å². The molecule has 28 heteroatoms. The molecule has 3 saturated heterocycles. The van der Waals surface area contributed by atoms with Crippen LogP contribution in [0.4, 0.5) is 66.1 Å². The average Bonchev–Trinajstić information content (AvgIpc) is 1.53. The minimum atomic E-state index is -0.249. The van der Waals surface area contributed by atoms with Gasteiger partial charge in [-0.15, -0.1) is 16.4 Å². The highest BCUT2D eigenvalue weighted by molar-refractivity contribution is 7.15. The quantitative estimate of drug-likeness (QED) is 0.121. The second-order valence-electron chi connectivity index (χ2n) is 26.0. The van der Waals surface area contributed by atoms with Gasteiger partial charge < -0.3 is 25.3 Å². The van der Waals surface area contributed by atoms with Gasteiger partial charge in [0.2, 0.25) is 0 Å². The smallest absolute Gasteiger partial charge is 0.329 e. The van der Waals surface area contributed by atoms with Crippen LogP contribution in [0.25, 0.3) is 61.0 Å². The van der Waals surface area contributed by atoms with Gasteiger partial charge in [0.25, 0.3) is 0 Å². The van der Waals surface area contributed by atoms with Crippen LogP contribution in [0.1, 0.15) is 47.0 Å². The molecule has 510 valence electrons. The Hall–Kier alpha value is -12.5. The summed E-state index contributed by atoms with van der Waals surface area (Å²) >= 11 is 1.60. The number of nitrogens with zero attached hydrogens (tertiary/aromatic N) is 21. The summed E-state index contributed by atoms with van der Waals surface area (Å²) in [6.45, 7) is 15.0. The van der Waals surface area contributed by atoms with Crippen molar-refractivity contribution in [2.24, 2.45) is 7.05 Å². The van der Waals surface area contributed by atoms with Crippen LogP contribution in [0.3, 0.4) is 0 Å². The number of nitrogens with one attached hydrogen (secondary N) is 3. The average molecular weight is 1380 g/mol. The molecule has 18 heterocycles. The minimum Gasteiger partial charge on any atom is -0.366 e. The van der Waals surface area contributed by atoms with Gasteiger partial charge in [-0.25, -0.2) is 44.0 Å². The number of thiazole rings is 1. The number of fused-ring (bicyclic) bond motifs is 12. The molecule has 0 unspecified atom stereocenters. The Bertz CT molecular complexity index is 5200. The van der Waals surface area contributed by atoms with Gasteiger partial charge in [0.1, 0.15) is 5.82 Å². The molecule has 27 nitrogen and oxygen atoms in total. The maximum Gasteiger partial charge on any atom is 0.329 e. The standard InChI is InChI=1S/C26H26N8O.C25H23N7OS.C23H21N9O/c1-16-10-18(6-8-28-16)23-4-5-24-25(30-23)34(21-7-9-33(24)14-21)26(35)29-20-11-19(12-27-13-20)22-15-32(3)31-17(22)2;1-15-9-17(5-7-27-15)21-3-4-22-24(30-21)32(20-6-8-31(22)14-20)25(33)29-19-10-18(11-26-12-19)23-13-28-16(2)34-23;1-15-12-16(4-7-24-15)19-2-3-20-22(27-19)32(18-6-10-30(20)14-18)23(33)28-21-13-17(5-8-25-21)31-11-9-26-29-31/h4-6,8,10-13,15,21H,7,9,14H2,1-3H3,(H,29,35);3-5,7,9-13,20H,6,8,14H2,1-2H3,(H,29,33);2-5,7-9,11-13,18H,6,10,14H2,1H3,(H,25,28,33)/t21-;20-;18-/m000/s1. The van der Waals surface area contributed by atoms with Gasteiger partial charge in [-0.05, 0) is 145 Å². The van der Waals surface area contributed by atoms with Crippen LogP contribution < -0.4 is 45.3 Å². The lowest BCUT2D eigenvalue weighted by atomic mass is 10.1. The molecule has 12 aromatic rings. The molecule has 3 atom stereocenters. The fraction of sp³-hybridized carbons (Fsp3) is 0.243. The second kappa shape index (κ2) is 27.0. The maximum absolute atomic E-state index is 13.6. The number of pyridine rings is 9. The molecule has 102 heavy (non-hydrogen) atoms. The molecule has 6 aliphatic rings. The lowest BCUT2D eigenvalue weighted by Gasteiger charge is -2.36. The normalized spacial score (nSPS) is 16.5. The van der Waals surface area contributed by atoms with Crippen molar-refractivity contribution in [3.63, 3.8) is 0 Å². The Balaban J connectivity index is 0.000000118. The summed E-state index contributed by atoms with van der Waals surface area (Å²) in [5.41, 5.74) is 16.9. The Morgan fingerprint density at radius 2 is 0.951 bits per heavy atom. The van der Waals surface area contributed by atoms with Crippen LogP contribution in [0.15, 0.2) is 171 Å². The van der Waals surface area contributed by atoms with Gasteiger partial charge in [-0.3, -0.25) is 49.6 Å². The molecule has 0 spiro atoms. The first-order valence-electron chi connectivity index (χ1n) is 33.7. The van der Waals surface area contributed by atoms with Crippen LogP contribution in [-0.2, 0) is 7.05 Å². The van der Waals surface area contributed by atoms with Crippen molar-refractivity contribution in [3.8, 4) is 61.0 Å². The number of urea groups is 3. The van der Waals surface area contributed by atoms with E-state index in [0.29, 0.717) is 34.6 Å². The zero-order valence-electron chi connectivity index (χ0n) is 56.8. The predicted octanol–water partition coefficient (Wildman–Crippen LogP) is 12.2. The lowest BCUT2D eigenvalue weighted by molar-refractivity contribution is 0.254. The third kappa shape index (κ3) is 12.9. The summed E-state index contributed by atoms with van der Waals surface area (Å²) in [5, 5.41) is 22.3. The molecule has 6 aliphatic heterocycles. The van der Waals surface area contributed by atoms with Gasteiger partial charge in [-0.1, -0.05) is 5.21 Å². The Morgan fingerprint density at radius 1 is 0.480 bits per heavy atom. The third-order valence-electron chi connectivity index (χ3n) is 19.0. The molecule has 3 fully saturated rings. The Labute approximate surface area is 591 Å². The van der Waals surface area contributed by atoms with Crippen molar-refractivity contribution in [1.29, 1.82) is 0 Å². The summed E-state index contributed by atoms with van der Waals surface area (Å²) in [6.07, 6.45) is 23.7. The van der Waals surface area contributed by atoms with E-state index in [4.69, 9.17) is 15.0 Å². The maximum atomic E-state index is 13.6. The monoisotopic (exact) mass is 1370 g/mol. The van der Waals surface area contributed by atoms with E-state index in [-0.39, 0.29) is 36.2 Å². The summed E-state index contributed by atoms with van der Waals surface area (Å²) in [7, 11) is 1.89. The molecule has 12 aromatic heterocycles. The van der Waals surface area contributed by atoms with E-state index < -0.39 is 0 Å². The predicted molar refractivity (Wildman–Crippen MR) is 393 cm³/mol. The van der Waals surface area contributed by atoms with Crippen LogP contribution in [-0.4, -0.2) is 150 Å². The van der Waals surface area contributed by atoms with E-state index in [1.54, 1.807) is 99.7 Å². The highest BCUT2D eigenvalue weighted by atomic mass is 32.1. The van der Waals surface area contributed by atoms with E-state index in [2.05, 4.69) is 99.1 Å². The van der Waals surface area contributed by atoms with Crippen LogP contribution in [0.2, 0.25) is 0 Å². The van der Waals surface area contributed by atoms with E-state index in [1.165, 1.54) is 0 Å². The molecular weight excluding hydrogens is 1310 g/mol. The fourth-order valence-electron chi connectivity index (χ4n) is 14.2. The third-order valence-corrected chi connectivity index (χ3v) is 19.9. The number of amides is 6. The van der Waals surface area contributed by atoms with Crippen molar-refractivity contribution in [2.45, 2.75) is 72.0 Å². The summed E-state index contributed by atoms with van der Waals surface area (Å²) in [4.78, 5) is 99.1. The zero-order valence-corrected chi connectivity index (χ0v) is 57.6. The number of aromatic nitrogens is 15. The van der Waals surface area contributed by atoms with Crippen LogP contribution in [0.5, 0.6) is 0 Å². The van der Waals surface area contributed by atoms with Crippen molar-refractivity contribution >= 4 is 81.1 Å². The Kier molecular flexibility index (Phi) is 17.0. The van der Waals surface area contributed by atoms with Gasteiger partial charge in [0.15, 0.2) is 17.5 Å².